The highest BCUT2D eigenvalue weighted by Gasteiger charge is 2.15. The third-order valence-electron chi connectivity index (χ3n) is 4.22. The van der Waals surface area contributed by atoms with E-state index in [1.165, 1.54) is 19.4 Å². The Kier molecular flexibility index (Phi) is 5.72. The van der Waals surface area contributed by atoms with Gasteiger partial charge in [0, 0.05) is 11.6 Å². The number of rotatable bonds is 6. The van der Waals surface area contributed by atoms with Crippen LogP contribution in [0.3, 0.4) is 0 Å². The summed E-state index contributed by atoms with van der Waals surface area (Å²) in [5.74, 6) is -0.0581. The number of benzene rings is 2. The molecule has 1 N–H and O–H groups in total. The molecule has 0 radical (unpaired) electrons. The van der Waals surface area contributed by atoms with Crippen LogP contribution < -0.4 is 10.3 Å². The van der Waals surface area contributed by atoms with Crippen molar-refractivity contribution in [2.45, 2.75) is 12.6 Å². The van der Waals surface area contributed by atoms with E-state index >= 15 is 0 Å². The predicted molar refractivity (Wildman–Crippen MR) is 102 cm³/mol. The zero-order valence-electron chi connectivity index (χ0n) is 15.2. The van der Waals surface area contributed by atoms with E-state index in [1.807, 2.05) is 36.4 Å². The van der Waals surface area contributed by atoms with Gasteiger partial charge in [-0.25, -0.2) is 4.79 Å². The minimum absolute atomic E-state index is 0.0563. The standard InChI is InChI=1S/C21H18N2O5/c1-27-21(26)16-9-15(10-22)20(25)23(11-16)12-17(24)13-28-19-8-4-6-14-5-2-3-7-18(14)19/h2-9,11,17,24H,12-13H2,1H3. The van der Waals surface area contributed by atoms with Crippen LogP contribution in [-0.2, 0) is 11.3 Å². The SMILES string of the molecule is COC(=O)c1cc(C#N)c(=O)n(CC(O)COc2cccc3ccccc23)c1. The highest BCUT2D eigenvalue weighted by molar-refractivity contribution is 5.89. The number of ether oxygens (including phenoxy) is 2. The number of carbonyl (C=O) groups is 1. The van der Waals surface area contributed by atoms with Crippen LogP contribution in [-0.4, -0.2) is 35.5 Å². The first-order valence-corrected chi connectivity index (χ1v) is 8.55. The Morgan fingerprint density at radius 2 is 2.00 bits per heavy atom. The van der Waals surface area contributed by atoms with Crippen LogP contribution in [0, 0.1) is 11.3 Å². The van der Waals surface area contributed by atoms with Gasteiger partial charge in [-0.1, -0.05) is 36.4 Å². The lowest BCUT2D eigenvalue weighted by atomic mass is 10.1. The van der Waals surface area contributed by atoms with E-state index in [0.717, 1.165) is 15.3 Å². The molecule has 0 spiro atoms. The van der Waals surface area contributed by atoms with Crippen LogP contribution in [0.25, 0.3) is 10.8 Å². The predicted octanol–water partition coefficient (Wildman–Crippen LogP) is 2.10. The molecule has 0 fully saturated rings. The maximum atomic E-state index is 12.3. The highest BCUT2D eigenvalue weighted by Crippen LogP contribution is 2.25. The molecule has 0 amide bonds. The molecule has 0 saturated heterocycles. The number of aromatic nitrogens is 1. The lowest BCUT2D eigenvalue weighted by molar-refractivity contribution is 0.0597. The van der Waals surface area contributed by atoms with Crippen molar-refractivity contribution in [1.82, 2.24) is 4.57 Å². The van der Waals surface area contributed by atoms with Crippen LogP contribution in [0.15, 0.2) is 59.5 Å². The fourth-order valence-electron chi connectivity index (χ4n) is 2.87. The van der Waals surface area contributed by atoms with E-state index in [9.17, 15) is 14.7 Å². The van der Waals surface area contributed by atoms with Crippen molar-refractivity contribution in [1.29, 1.82) is 5.26 Å². The minimum Gasteiger partial charge on any atom is -0.490 e. The molecule has 0 aliphatic carbocycles. The van der Waals surface area contributed by atoms with E-state index < -0.39 is 17.6 Å². The number of pyridine rings is 1. The number of aliphatic hydroxyl groups excluding tert-OH is 1. The molecule has 1 atom stereocenters. The number of methoxy groups -OCH3 is 1. The Morgan fingerprint density at radius 3 is 2.75 bits per heavy atom. The van der Waals surface area contributed by atoms with Crippen LogP contribution in [0.5, 0.6) is 5.75 Å². The van der Waals surface area contributed by atoms with E-state index in [2.05, 4.69) is 4.74 Å². The number of aliphatic hydroxyl groups is 1. The smallest absolute Gasteiger partial charge is 0.339 e. The molecule has 0 aliphatic rings. The van der Waals surface area contributed by atoms with Crippen LogP contribution in [0.1, 0.15) is 15.9 Å². The second-order valence-corrected chi connectivity index (χ2v) is 6.15. The van der Waals surface area contributed by atoms with Gasteiger partial charge in [-0.2, -0.15) is 5.26 Å². The third kappa shape index (κ3) is 4.03. The van der Waals surface area contributed by atoms with Gasteiger partial charge in [0.15, 0.2) is 0 Å². The molecule has 1 unspecified atom stereocenters. The second kappa shape index (κ2) is 8.37. The molecular weight excluding hydrogens is 360 g/mol. The fourth-order valence-corrected chi connectivity index (χ4v) is 2.87. The number of nitriles is 1. The Bertz CT molecular complexity index is 1110. The maximum Gasteiger partial charge on any atom is 0.339 e. The molecule has 28 heavy (non-hydrogen) atoms. The maximum absolute atomic E-state index is 12.3. The second-order valence-electron chi connectivity index (χ2n) is 6.15. The molecule has 0 saturated carbocycles. The summed E-state index contributed by atoms with van der Waals surface area (Å²) in [5, 5.41) is 21.4. The number of carbonyl (C=O) groups excluding carboxylic acids is 1. The number of nitrogens with zero attached hydrogens (tertiary/aromatic N) is 2. The molecule has 3 aromatic rings. The van der Waals surface area contributed by atoms with Gasteiger partial charge in [-0.05, 0) is 17.5 Å². The molecule has 1 aromatic heterocycles. The first kappa shape index (κ1) is 19.1. The van der Waals surface area contributed by atoms with Crippen molar-refractivity contribution in [3.63, 3.8) is 0 Å². The lowest BCUT2D eigenvalue weighted by Gasteiger charge is -2.16. The third-order valence-corrected chi connectivity index (χ3v) is 4.22. The van der Waals surface area contributed by atoms with E-state index in [-0.39, 0.29) is 24.3 Å². The Hall–Kier alpha value is -3.63. The van der Waals surface area contributed by atoms with E-state index in [0.29, 0.717) is 5.75 Å². The molecule has 1 heterocycles. The van der Waals surface area contributed by atoms with Crippen LogP contribution in [0.4, 0.5) is 0 Å². The van der Waals surface area contributed by atoms with Crippen LogP contribution in [0.2, 0.25) is 0 Å². The van der Waals surface area contributed by atoms with Crippen molar-refractivity contribution < 1.29 is 19.4 Å². The first-order chi connectivity index (χ1) is 13.5. The Morgan fingerprint density at radius 1 is 1.25 bits per heavy atom. The molecule has 7 heteroatoms. The Balaban J connectivity index is 1.78. The van der Waals surface area contributed by atoms with Crippen molar-refractivity contribution in [2.24, 2.45) is 0 Å². The summed E-state index contributed by atoms with van der Waals surface area (Å²) >= 11 is 0. The molecule has 142 valence electrons. The fraction of sp³-hybridized carbons (Fsp3) is 0.190. The van der Waals surface area contributed by atoms with Gasteiger partial charge in [0.1, 0.15) is 30.1 Å². The summed E-state index contributed by atoms with van der Waals surface area (Å²) in [7, 11) is 1.21. The number of esters is 1. The largest absolute Gasteiger partial charge is 0.490 e. The average Bonchev–Trinajstić information content (AvgIpc) is 2.73. The highest BCUT2D eigenvalue weighted by atomic mass is 16.5. The van der Waals surface area contributed by atoms with Gasteiger partial charge in [-0.15, -0.1) is 0 Å². The molecule has 2 aromatic carbocycles. The zero-order chi connectivity index (χ0) is 20.1. The summed E-state index contributed by atoms with van der Waals surface area (Å²) in [5.41, 5.74) is -0.745. The number of hydrogen-bond acceptors (Lipinski definition) is 6. The van der Waals surface area contributed by atoms with E-state index in [4.69, 9.17) is 10.00 Å². The van der Waals surface area contributed by atoms with Crippen molar-refractivity contribution in [2.75, 3.05) is 13.7 Å². The molecule has 0 aliphatic heterocycles. The van der Waals surface area contributed by atoms with Gasteiger partial charge in [-0.3, -0.25) is 4.79 Å². The first-order valence-electron chi connectivity index (χ1n) is 8.55. The van der Waals surface area contributed by atoms with Crippen molar-refractivity contribution in [3.05, 3.63) is 76.2 Å². The summed E-state index contributed by atoms with van der Waals surface area (Å²) in [4.78, 5) is 24.0. The minimum atomic E-state index is -1.03. The van der Waals surface area contributed by atoms with E-state index in [1.54, 1.807) is 12.1 Å². The molecule has 3 rings (SSSR count). The van der Waals surface area contributed by atoms with Crippen molar-refractivity contribution >= 4 is 16.7 Å². The monoisotopic (exact) mass is 378 g/mol. The summed E-state index contributed by atoms with van der Waals surface area (Å²) < 4.78 is 11.5. The zero-order valence-corrected chi connectivity index (χ0v) is 15.2. The summed E-state index contributed by atoms with van der Waals surface area (Å²) in [6.45, 7) is -0.200. The molecular formula is C21H18N2O5. The lowest BCUT2D eigenvalue weighted by Crippen LogP contribution is -2.32. The summed E-state index contributed by atoms with van der Waals surface area (Å²) in [6.07, 6.45) is 0.229. The van der Waals surface area contributed by atoms with Gasteiger partial charge < -0.3 is 19.1 Å². The molecule has 7 nitrogen and oxygen atoms in total. The van der Waals surface area contributed by atoms with Crippen LogP contribution >= 0.6 is 0 Å². The van der Waals surface area contributed by atoms with Gasteiger partial charge in [0.25, 0.3) is 5.56 Å². The summed E-state index contributed by atoms with van der Waals surface area (Å²) in [6, 6.07) is 16.2. The molecule has 0 bridgehead atoms. The van der Waals surface area contributed by atoms with Gasteiger partial charge in [0.2, 0.25) is 0 Å². The normalized spacial score (nSPS) is 11.6. The quantitative estimate of drug-likeness (QED) is 0.659. The number of fused-ring (bicyclic) bond motifs is 1. The number of hydrogen-bond donors (Lipinski definition) is 1. The topological polar surface area (TPSA) is 102 Å². The van der Waals surface area contributed by atoms with Gasteiger partial charge in [0.05, 0.1) is 19.2 Å². The van der Waals surface area contributed by atoms with Gasteiger partial charge >= 0.3 is 5.97 Å². The average molecular weight is 378 g/mol. The van der Waals surface area contributed by atoms with Crippen molar-refractivity contribution in [3.8, 4) is 11.8 Å². The Labute approximate surface area is 161 Å².